The van der Waals surface area contributed by atoms with Crippen molar-refractivity contribution in [3.63, 3.8) is 0 Å². The average molecular weight is 248 g/mol. The minimum absolute atomic E-state index is 0.340. The van der Waals surface area contributed by atoms with Crippen LogP contribution in [0.3, 0.4) is 0 Å². The summed E-state index contributed by atoms with van der Waals surface area (Å²) >= 11 is 0. The van der Waals surface area contributed by atoms with Gasteiger partial charge in [-0.2, -0.15) is 0 Å². The highest BCUT2D eigenvalue weighted by atomic mass is 16.4. The SMILES string of the molecule is CN(CCNCc1ccc(C(=O)O)cc1)C1CC1. The zero-order valence-electron chi connectivity index (χ0n) is 10.7. The summed E-state index contributed by atoms with van der Waals surface area (Å²) in [6.07, 6.45) is 2.68. The highest BCUT2D eigenvalue weighted by Gasteiger charge is 2.25. The topological polar surface area (TPSA) is 52.6 Å². The number of carboxylic acid groups (broad SMARTS) is 1. The molecule has 18 heavy (non-hydrogen) atoms. The normalized spacial score (nSPS) is 15.0. The third-order valence-electron chi connectivity index (χ3n) is 3.34. The van der Waals surface area contributed by atoms with Crippen molar-refractivity contribution in [2.75, 3.05) is 20.1 Å². The summed E-state index contributed by atoms with van der Waals surface area (Å²) in [5.41, 5.74) is 1.46. The van der Waals surface area contributed by atoms with Crippen LogP contribution in [0.4, 0.5) is 0 Å². The van der Waals surface area contributed by atoms with Gasteiger partial charge in [0.05, 0.1) is 5.56 Å². The Morgan fingerprint density at radius 1 is 1.39 bits per heavy atom. The van der Waals surface area contributed by atoms with Crippen LogP contribution in [-0.2, 0) is 6.54 Å². The lowest BCUT2D eigenvalue weighted by Crippen LogP contribution is -2.30. The number of nitrogens with zero attached hydrogens (tertiary/aromatic N) is 1. The number of likely N-dealkylation sites (N-methyl/N-ethyl adjacent to an activating group) is 1. The van der Waals surface area contributed by atoms with Crippen molar-refractivity contribution in [3.05, 3.63) is 35.4 Å². The van der Waals surface area contributed by atoms with E-state index in [9.17, 15) is 4.79 Å². The van der Waals surface area contributed by atoms with Crippen LogP contribution in [-0.4, -0.2) is 42.2 Å². The number of rotatable bonds is 7. The lowest BCUT2D eigenvalue weighted by molar-refractivity contribution is 0.0697. The third-order valence-corrected chi connectivity index (χ3v) is 3.34. The number of carbonyl (C=O) groups is 1. The fourth-order valence-corrected chi connectivity index (χ4v) is 1.95. The van der Waals surface area contributed by atoms with Crippen molar-refractivity contribution in [1.82, 2.24) is 10.2 Å². The van der Waals surface area contributed by atoms with E-state index >= 15 is 0 Å². The highest BCUT2D eigenvalue weighted by Crippen LogP contribution is 2.24. The molecule has 0 bridgehead atoms. The maximum Gasteiger partial charge on any atom is 0.335 e. The molecule has 1 aromatic rings. The van der Waals surface area contributed by atoms with Gasteiger partial charge in [-0.3, -0.25) is 0 Å². The van der Waals surface area contributed by atoms with Crippen molar-refractivity contribution in [2.45, 2.75) is 25.4 Å². The van der Waals surface area contributed by atoms with Crippen LogP contribution in [0.2, 0.25) is 0 Å². The van der Waals surface area contributed by atoms with Crippen LogP contribution in [0.5, 0.6) is 0 Å². The largest absolute Gasteiger partial charge is 0.478 e. The van der Waals surface area contributed by atoms with Gasteiger partial charge in [0.15, 0.2) is 0 Å². The maximum absolute atomic E-state index is 10.7. The molecule has 0 spiro atoms. The van der Waals surface area contributed by atoms with E-state index in [1.807, 2.05) is 12.1 Å². The van der Waals surface area contributed by atoms with E-state index in [-0.39, 0.29) is 0 Å². The first-order valence-corrected chi connectivity index (χ1v) is 6.40. The number of nitrogens with one attached hydrogen (secondary N) is 1. The summed E-state index contributed by atoms with van der Waals surface area (Å²) in [5.74, 6) is -0.874. The molecule has 2 rings (SSSR count). The molecule has 98 valence electrons. The summed E-state index contributed by atoms with van der Waals surface area (Å²) in [7, 11) is 2.17. The fraction of sp³-hybridized carbons (Fsp3) is 0.500. The molecule has 0 saturated heterocycles. The Balaban J connectivity index is 1.67. The van der Waals surface area contributed by atoms with Crippen molar-refractivity contribution < 1.29 is 9.90 Å². The monoisotopic (exact) mass is 248 g/mol. The summed E-state index contributed by atoms with van der Waals surface area (Å²) in [6, 6.07) is 7.83. The van der Waals surface area contributed by atoms with Gasteiger partial charge >= 0.3 is 5.97 Å². The standard InChI is InChI=1S/C14H20N2O2/c1-16(13-6-7-13)9-8-15-10-11-2-4-12(5-3-11)14(17)18/h2-5,13,15H,6-10H2,1H3,(H,17,18). The van der Waals surface area contributed by atoms with E-state index in [0.717, 1.165) is 31.2 Å². The van der Waals surface area contributed by atoms with E-state index in [2.05, 4.69) is 17.3 Å². The molecule has 1 fully saturated rings. The zero-order chi connectivity index (χ0) is 13.0. The number of carboxylic acids is 1. The molecule has 0 amide bonds. The van der Waals surface area contributed by atoms with Gasteiger partial charge in [0.25, 0.3) is 0 Å². The number of hydrogen-bond donors (Lipinski definition) is 2. The molecule has 0 unspecified atom stereocenters. The molecule has 0 atom stereocenters. The van der Waals surface area contributed by atoms with Gasteiger partial charge in [-0.15, -0.1) is 0 Å². The van der Waals surface area contributed by atoms with Gasteiger partial charge in [0, 0.05) is 25.7 Å². The average Bonchev–Trinajstić information content (AvgIpc) is 3.19. The van der Waals surface area contributed by atoms with Gasteiger partial charge in [-0.25, -0.2) is 4.79 Å². The van der Waals surface area contributed by atoms with Crippen LogP contribution in [0.15, 0.2) is 24.3 Å². The van der Waals surface area contributed by atoms with Crippen molar-refractivity contribution >= 4 is 5.97 Å². The van der Waals surface area contributed by atoms with E-state index < -0.39 is 5.97 Å². The van der Waals surface area contributed by atoms with E-state index in [0.29, 0.717) is 5.56 Å². The number of aromatic carboxylic acids is 1. The Bertz CT molecular complexity index is 399. The Morgan fingerprint density at radius 2 is 2.06 bits per heavy atom. The van der Waals surface area contributed by atoms with E-state index in [4.69, 9.17) is 5.11 Å². The minimum atomic E-state index is -0.874. The molecule has 4 heteroatoms. The van der Waals surface area contributed by atoms with Crippen molar-refractivity contribution in [3.8, 4) is 0 Å². The Hall–Kier alpha value is -1.39. The van der Waals surface area contributed by atoms with Gasteiger partial charge < -0.3 is 15.3 Å². The summed E-state index contributed by atoms with van der Waals surface area (Å²) in [5, 5.41) is 12.2. The lowest BCUT2D eigenvalue weighted by Gasteiger charge is -2.15. The van der Waals surface area contributed by atoms with E-state index in [1.54, 1.807) is 12.1 Å². The zero-order valence-corrected chi connectivity index (χ0v) is 10.7. The second-order valence-electron chi connectivity index (χ2n) is 4.89. The Kier molecular flexibility index (Phi) is 4.33. The molecule has 1 aliphatic carbocycles. The van der Waals surface area contributed by atoms with Gasteiger partial charge in [-0.1, -0.05) is 12.1 Å². The van der Waals surface area contributed by atoms with Crippen molar-refractivity contribution in [1.29, 1.82) is 0 Å². The summed E-state index contributed by atoms with van der Waals surface area (Å²) in [6.45, 7) is 2.82. The molecule has 1 saturated carbocycles. The van der Waals surface area contributed by atoms with Crippen LogP contribution in [0.1, 0.15) is 28.8 Å². The minimum Gasteiger partial charge on any atom is -0.478 e. The predicted octanol–water partition coefficient (Wildman–Crippen LogP) is 1.57. The van der Waals surface area contributed by atoms with Crippen LogP contribution >= 0.6 is 0 Å². The Morgan fingerprint density at radius 3 is 2.61 bits per heavy atom. The third kappa shape index (κ3) is 3.82. The molecule has 4 nitrogen and oxygen atoms in total. The first-order chi connectivity index (χ1) is 8.66. The fourth-order valence-electron chi connectivity index (χ4n) is 1.95. The molecule has 0 aliphatic heterocycles. The van der Waals surface area contributed by atoms with Gasteiger partial charge in [0.1, 0.15) is 0 Å². The second-order valence-corrected chi connectivity index (χ2v) is 4.89. The molecule has 0 aromatic heterocycles. The van der Waals surface area contributed by atoms with Crippen molar-refractivity contribution in [2.24, 2.45) is 0 Å². The van der Waals surface area contributed by atoms with E-state index in [1.165, 1.54) is 12.8 Å². The van der Waals surface area contributed by atoms with Gasteiger partial charge in [0.2, 0.25) is 0 Å². The molecular weight excluding hydrogens is 228 g/mol. The second kappa shape index (κ2) is 5.98. The van der Waals surface area contributed by atoms with Crippen LogP contribution in [0.25, 0.3) is 0 Å². The lowest BCUT2D eigenvalue weighted by atomic mass is 10.1. The first kappa shape index (κ1) is 13.1. The molecule has 0 heterocycles. The molecule has 1 aliphatic rings. The molecule has 1 aromatic carbocycles. The quantitative estimate of drug-likeness (QED) is 0.719. The molecular formula is C14H20N2O2. The Labute approximate surface area is 108 Å². The number of benzene rings is 1. The maximum atomic E-state index is 10.7. The first-order valence-electron chi connectivity index (χ1n) is 6.40. The van der Waals surface area contributed by atoms with Gasteiger partial charge in [-0.05, 0) is 37.6 Å². The number of hydrogen-bond acceptors (Lipinski definition) is 3. The highest BCUT2D eigenvalue weighted by molar-refractivity contribution is 5.87. The summed E-state index contributed by atoms with van der Waals surface area (Å²) < 4.78 is 0. The smallest absolute Gasteiger partial charge is 0.335 e. The summed E-state index contributed by atoms with van der Waals surface area (Å²) in [4.78, 5) is 13.1. The van der Waals surface area contributed by atoms with Crippen LogP contribution < -0.4 is 5.32 Å². The van der Waals surface area contributed by atoms with Crippen LogP contribution in [0, 0.1) is 0 Å². The molecule has 2 N–H and O–H groups in total. The predicted molar refractivity (Wildman–Crippen MR) is 70.8 cm³/mol. The molecule has 0 radical (unpaired) electrons.